The first-order valence-corrected chi connectivity index (χ1v) is 11.8. The molecule has 2 aromatic carbocycles. The highest BCUT2D eigenvalue weighted by molar-refractivity contribution is 5.88. The Morgan fingerprint density at radius 1 is 0.971 bits per heavy atom. The fourth-order valence-corrected chi connectivity index (χ4v) is 4.31. The van der Waals surface area contributed by atoms with Crippen molar-refractivity contribution < 1.29 is 39.5 Å². The van der Waals surface area contributed by atoms with Gasteiger partial charge in [-0.1, -0.05) is 49.6 Å². The Hall–Kier alpha value is -3.17. The molecule has 1 unspecified atom stereocenters. The van der Waals surface area contributed by atoms with E-state index in [1.807, 2.05) is 7.05 Å². The molecule has 0 radical (unpaired) electrons. The van der Waals surface area contributed by atoms with Crippen molar-refractivity contribution >= 4 is 28.7 Å². The highest BCUT2D eigenvalue weighted by atomic mass is 16.5. The second-order valence-electron chi connectivity index (χ2n) is 8.93. The normalized spacial score (nSPS) is 15.0. The molecule has 35 heavy (non-hydrogen) atoms. The van der Waals surface area contributed by atoms with E-state index in [4.69, 9.17) is 25.2 Å². The minimum atomic E-state index is -2.74. The van der Waals surface area contributed by atoms with Crippen LogP contribution in [0.25, 0.3) is 10.8 Å². The maximum Gasteiger partial charge on any atom is 0.336 e. The van der Waals surface area contributed by atoms with Crippen LogP contribution in [0, 0.1) is 5.92 Å². The molecule has 0 bridgehead atoms. The molecule has 0 heterocycles. The van der Waals surface area contributed by atoms with E-state index >= 15 is 0 Å². The summed E-state index contributed by atoms with van der Waals surface area (Å²) in [6.45, 7) is 1.02. The van der Waals surface area contributed by atoms with Gasteiger partial charge < -0.3 is 30.5 Å². The van der Waals surface area contributed by atoms with Gasteiger partial charge in [0.05, 0.1) is 12.8 Å². The lowest BCUT2D eigenvalue weighted by Gasteiger charge is -2.31. The predicted octanol–water partition coefficient (Wildman–Crippen LogP) is 3.53. The Kier molecular flexibility index (Phi) is 10.9. The van der Waals surface area contributed by atoms with Crippen LogP contribution in [0.1, 0.15) is 51.4 Å². The first-order valence-electron chi connectivity index (χ1n) is 11.8. The lowest BCUT2D eigenvalue weighted by Crippen LogP contribution is -2.42. The Labute approximate surface area is 204 Å². The summed E-state index contributed by atoms with van der Waals surface area (Å²) in [5, 5.41) is 39.6. The van der Waals surface area contributed by atoms with Crippen LogP contribution in [-0.2, 0) is 14.4 Å². The molecule has 0 aliphatic heterocycles. The maximum absolute atomic E-state index is 10.3. The fourth-order valence-electron chi connectivity index (χ4n) is 4.31. The van der Waals surface area contributed by atoms with Gasteiger partial charge in [0.15, 0.2) is 5.60 Å². The van der Waals surface area contributed by atoms with Crippen LogP contribution < -0.4 is 10.1 Å². The van der Waals surface area contributed by atoms with Gasteiger partial charge in [-0.2, -0.15) is 0 Å². The minimum Gasteiger partial charge on any atom is -0.490 e. The average molecular weight is 490 g/mol. The van der Waals surface area contributed by atoms with Crippen molar-refractivity contribution in [2.45, 2.75) is 63.1 Å². The highest BCUT2D eigenvalue weighted by Crippen LogP contribution is 2.31. The number of carboxylic acids is 3. The monoisotopic (exact) mass is 489 g/mol. The van der Waals surface area contributed by atoms with Crippen molar-refractivity contribution in [2.75, 3.05) is 13.6 Å². The summed E-state index contributed by atoms with van der Waals surface area (Å²) in [6.07, 6.45) is 5.91. The smallest absolute Gasteiger partial charge is 0.336 e. The standard InChI is InChI=1S/C20H27NO.C6H8O7/c1-21-14-13-20(17-8-3-2-4-9-17)22-19-12-11-16-7-5-6-10-18(16)15-19;7-3(8)1-6(13,5(11)12)2-4(9)10/h5-7,10-12,15,17,20-21H,2-4,8-9,13-14H2,1H3;13H,1-2H2,(H,7,8)(H,9,10)(H,11,12). The lowest BCUT2D eigenvalue weighted by molar-refractivity contribution is -0.170. The maximum atomic E-state index is 10.3. The van der Waals surface area contributed by atoms with Gasteiger partial charge in [-0.25, -0.2) is 4.79 Å². The first-order chi connectivity index (χ1) is 16.6. The Morgan fingerprint density at radius 3 is 2.11 bits per heavy atom. The molecule has 2 aromatic rings. The fraction of sp³-hybridized carbons (Fsp3) is 0.500. The van der Waals surface area contributed by atoms with Crippen molar-refractivity contribution in [3.8, 4) is 5.75 Å². The molecule has 9 heteroatoms. The number of benzene rings is 2. The van der Waals surface area contributed by atoms with Crippen LogP contribution in [0.15, 0.2) is 42.5 Å². The Balaban J connectivity index is 0.000000287. The third kappa shape index (κ3) is 9.18. The Bertz CT molecular complexity index is 970. The molecule has 1 atom stereocenters. The van der Waals surface area contributed by atoms with Gasteiger partial charge in [0.1, 0.15) is 11.9 Å². The van der Waals surface area contributed by atoms with Crippen LogP contribution in [0.4, 0.5) is 0 Å². The van der Waals surface area contributed by atoms with Crippen molar-refractivity contribution in [1.82, 2.24) is 5.32 Å². The average Bonchev–Trinajstić information content (AvgIpc) is 2.81. The summed E-state index contributed by atoms with van der Waals surface area (Å²) < 4.78 is 6.42. The van der Waals surface area contributed by atoms with E-state index in [0.717, 1.165) is 18.7 Å². The number of carboxylic acid groups (broad SMARTS) is 3. The van der Waals surface area contributed by atoms with E-state index in [1.54, 1.807) is 0 Å². The molecule has 0 saturated heterocycles. The van der Waals surface area contributed by atoms with Gasteiger partial charge in [0.2, 0.25) is 0 Å². The summed E-state index contributed by atoms with van der Waals surface area (Å²) in [4.78, 5) is 30.5. The van der Waals surface area contributed by atoms with E-state index in [2.05, 4.69) is 47.8 Å². The van der Waals surface area contributed by atoms with Crippen LogP contribution in [0.3, 0.4) is 0 Å². The molecule has 9 nitrogen and oxygen atoms in total. The summed E-state index contributed by atoms with van der Waals surface area (Å²) in [5.41, 5.74) is -2.74. The van der Waals surface area contributed by atoms with Gasteiger partial charge in [-0.15, -0.1) is 0 Å². The summed E-state index contributed by atoms with van der Waals surface area (Å²) in [5.74, 6) is -3.28. The predicted molar refractivity (Wildman–Crippen MR) is 131 cm³/mol. The molecular weight excluding hydrogens is 454 g/mol. The SMILES string of the molecule is CNCCC(Oc1ccc2ccccc2c1)C1CCCCC1.O=C(O)CC(O)(CC(=O)O)C(=O)O. The van der Waals surface area contributed by atoms with Gasteiger partial charge >= 0.3 is 17.9 Å². The number of aliphatic carboxylic acids is 3. The lowest BCUT2D eigenvalue weighted by atomic mass is 9.84. The zero-order chi connectivity index (χ0) is 25.8. The van der Waals surface area contributed by atoms with Gasteiger partial charge in [0.25, 0.3) is 0 Å². The van der Waals surface area contributed by atoms with E-state index < -0.39 is 36.4 Å². The molecule has 1 fully saturated rings. The zero-order valence-corrected chi connectivity index (χ0v) is 20.0. The molecule has 1 saturated carbocycles. The van der Waals surface area contributed by atoms with E-state index in [-0.39, 0.29) is 0 Å². The summed E-state index contributed by atoms with van der Waals surface area (Å²) in [6, 6.07) is 15.0. The molecule has 1 aliphatic rings. The molecule has 0 amide bonds. The number of rotatable bonds is 11. The molecular formula is C26H35NO8. The minimum absolute atomic E-state index is 0.342. The summed E-state index contributed by atoms with van der Waals surface area (Å²) >= 11 is 0. The number of ether oxygens (including phenoxy) is 1. The highest BCUT2D eigenvalue weighted by Gasteiger charge is 2.40. The largest absolute Gasteiger partial charge is 0.490 e. The van der Waals surface area contributed by atoms with Crippen molar-refractivity contribution in [2.24, 2.45) is 5.92 Å². The quantitative estimate of drug-likeness (QED) is 0.319. The van der Waals surface area contributed by atoms with E-state index in [1.165, 1.54) is 42.9 Å². The van der Waals surface area contributed by atoms with Crippen LogP contribution >= 0.6 is 0 Å². The van der Waals surface area contributed by atoms with Gasteiger partial charge in [0, 0.05) is 0 Å². The van der Waals surface area contributed by atoms with Crippen LogP contribution in [0.2, 0.25) is 0 Å². The zero-order valence-electron chi connectivity index (χ0n) is 20.0. The van der Waals surface area contributed by atoms with Gasteiger partial charge in [-0.05, 0) is 61.7 Å². The van der Waals surface area contributed by atoms with Crippen LogP contribution in [-0.4, -0.2) is 63.6 Å². The topological polar surface area (TPSA) is 153 Å². The third-order valence-corrected chi connectivity index (χ3v) is 6.15. The van der Waals surface area contributed by atoms with E-state index in [0.29, 0.717) is 12.0 Å². The van der Waals surface area contributed by atoms with Crippen molar-refractivity contribution in [3.63, 3.8) is 0 Å². The Morgan fingerprint density at radius 2 is 1.57 bits per heavy atom. The number of aliphatic hydroxyl groups is 1. The number of nitrogens with one attached hydrogen (secondary N) is 1. The van der Waals surface area contributed by atoms with Crippen LogP contribution in [0.5, 0.6) is 5.75 Å². The van der Waals surface area contributed by atoms with Crippen molar-refractivity contribution in [1.29, 1.82) is 0 Å². The first kappa shape index (κ1) is 28.1. The molecule has 1 aliphatic carbocycles. The third-order valence-electron chi connectivity index (χ3n) is 6.15. The molecule has 192 valence electrons. The van der Waals surface area contributed by atoms with Crippen molar-refractivity contribution in [3.05, 3.63) is 42.5 Å². The van der Waals surface area contributed by atoms with E-state index in [9.17, 15) is 14.4 Å². The second kappa shape index (κ2) is 13.7. The molecule has 5 N–H and O–H groups in total. The molecule has 3 rings (SSSR count). The molecule has 0 spiro atoms. The molecule has 0 aromatic heterocycles. The number of hydrogen-bond acceptors (Lipinski definition) is 6. The summed E-state index contributed by atoms with van der Waals surface area (Å²) in [7, 11) is 2.02. The number of carbonyl (C=O) groups is 3. The number of fused-ring (bicyclic) bond motifs is 1. The number of hydrogen-bond donors (Lipinski definition) is 5. The van der Waals surface area contributed by atoms with Gasteiger partial charge in [-0.3, -0.25) is 9.59 Å². The second-order valence-corrected chi connectivity index (χ2v) is 8.93.